The van der Waals surface area contributed by atoms with Crippen LogP contribution in [0.2, 0.25) is 0 Å². The van der Waals surface area contributed by atoms with Crippen molar-refractivity contribution in [3.05, 3.63) is 23.9 Å². The second kappa shape index (κ2) is 5.17. The minimum absolute atomic E-state index is 0.335. The number of benzene rings is 1. The van der Waals surface area contributed by atoms with Crippen molar-refractivity contribution in [2.24, 2.45) is 0 Å². The molecule has 110 valence electrons. The molecule has 3 rings (SSSR count). The Labute approximate surface area is 120 Å². The van der Waals surface area contributed by atoms with Crippen LogP contribution in [0.15, 0.2) is 18.3 Å². The van der Waals surface area contributed by atoms with Crippen LogP contribution >= 0.6 is 0 Å². The fourth-order valence-corrected chi connectivity index (χ4v) is 2.50. The van der Waals surface area contributed by atoms with E-state index in [1.807, 2.05) is 13.0 Å². The van der Waals surface area contributed by atoms with E-state index in [2.05, 4.69) is 15.5 Å². The number of ether oxygens (including phenoxy) is 1. The normalized spacial score (nSPS) is 21.6. The second-order valence-corrected chi connectivity index (χ2v) is 5.11. The predicted molar refractivity (Wildman–Crippen MR) is 75.0 cm³/mol. The number of carbonyl (C=O) groups is 2. The standard InChI is InChI=1S/C14H15N3O4/c1-7-2-3-9(12-8(7)6-15-17-12)16-13(18)10-4-5-11(21-10)14(19)20/h2-3,6,10-11H,4-5H2,1H3,(H,15,17)(H,16,18)(H,19,20)/t10-,11+/m0/s1. The van der Waals surface area contributed by atoms with Gasteiger partial charge in [-0.3, -0.25) is 9.89 Å². The number of rotatable bonds is 3. The van der Waals surface area contributed by atoms with Crippen molar-refractivity contribution < 1.29 is 19.4 Å². The maximum absolute atomic E-state index is 12.2. The van der Waals surface area contributed by atoms with Crippen LogP contribution in [0, 0.1) is 6.92 Å². The average Bonchev–Trinajstić information content (AvgIpc) is 3.09. The number of carboxylic acid groups (broad SMARTS) is 1. The molecule has 3 N–H and O–H groups in total. The lowest BCUT2D eigenvalue weighted by Crippen LogP contribution is -2.30. The molecular formula is C14H15N3O4. The number of carbonyl (C=O) groups excluding carboxylic acids is 1. The number of carboxylic acids is 1. The molecule has 1 amide bonds. The van der Waals surface area contributed by atoms with Gasteiger partial charge in [0, 0.05) is 5.39 Å². The molecule has 2 atom stereocenters. The molecule has 2 aromatic rings. The molecule has 0 radical (unpaired) electrons. The van der Waals surface area contributed by atoms with Crippen molar-refractivity contribution >= 4 is 28.5 Å². The molecule has 0 unspecified atom stereocenters. The lowest BCUT2D eigenvalue weighted by molar-refractivity contribution is -0.150. The van der Waals surface area contributed by atoms with Crippen LogP contribution in [0.3, 0.4) is 0 Å². The van der Waals surface area contributed by atoms with Crippen LogP contribution in [0.4, 0.5) is 5.69 Å². The third-order valence-electron chi connectivity index (χ3n) is 3.68. The Morgan fingerprint density at radius 3 is 2.86 bits per heavy atom. The molecule has 1 aromatic carbocycles. The maximum atomic E-state index is 12.2. The smallest absolute Gasteiger partial charge is 0.332 e. The molecule has 0 aliphatic carbocycles. The van der Waals surface area contributed by atoms with E-state index < -0.39 is 18.2 Å². The first-order chi connectivity index (χ1) is 10.1. The Bertz CT molecular complexity index is 709. The van der Waals surface area contributed by atoms with Gasteiger partial charge in [-0.25, -0.2) is 4.79 Å². The molecule has 1 aliphatic heterocycles. The summed E-state index contributed by atoms with van der Waals surface area (Å²) >= 11 is 0. The van der Waals surface area contributed by atoms with Crippen molar-refractivity contribution in [1.82, 2.24) is 10.2 Å². The topological polar surface area (TPSA) is 104 Å². The number of hydrogen-bond donors (Lipinski definition) is 3. The van der Waals surface area contributed by atoms with Gasteiger partial charge in [0.05, 0.1) is 17.4 Å². The molecule has 2 heterocycles. The minimum Gasteiger partial charge on any atom is -0.479 e. The Morgan fingerprint density at radius 1 is 1.38 bits per heavy atom. The van der Waals surface area contributed by atoms with Gasteiger partial charge in [0.2, 0.25) is 0 Å². The highest BCUT2D eigenvalue weighted by atomic mass is 16.5. The number of fused-ring (bicyclic) bond motifs is 1. The number of anilines is 1. The van der Waals surface area contributed by atoms with Gasteiger partial charge >= 0.3 is 5.97 Å². The molecular weight excluding hydrogens is 274 g/mol. The molecule has 7 nitrogen and oxygen atoms in total. The van der Waals surface area contributed by atoms with Crippen molar-refractivity contribution in [3.8, 4) is 0 Å². The predicted octanol–water partition coefficient (Wildman–Crippen LogP) is 1.44. The van der Waals surface area contributed by atoms with Gasteiger partial charge in [-0.05, 0) is 31.4 Å². The van der Waals surface area contributed by atoms with Crippen molar-refractivity contribution in [2.45, 2.75) is 32.0 Å². The summed E-state index contributed by atoms with van der Waals surface area (Å²) in [5.74, 6) is -1.37. The Balaban J connectivity index is 1.77. The number of nitrogens with one attached hydrogen (secondary N) is 2. The zero-order valence-electron chi connectivity index (χ0n) is 11.4. The van der Waals surface area contributed by atoms with Crippen LogP contribution in [-0.4, -0.2) is 39.4 Å². The van der Waals surface area contributed by atoms with Crippen molar-refractivity contribution in [2.75, 3.05) is 5.32 Å². The molecule has 7 heteroatoms. The van der Waals surface area contributed by atoms with Crippen molar-refractivity contribution in [1.29, 1.82) is 0 Å². The summed E-state index contributed by atoms with van der Waals surface area (Å²) in [6.07, 6.45) is 0.824. The summed E-state index contributed by atoms with van der Waals surface area (Å²) in [5, 5.41) is 19.4. The van der Waals surface area contributed by atoms with Crippen LogP contribution in [0.1, 0.15) is 18.4 Å². The molecule has 0 spiro atoms. The zero-order chi connectivity index (χ0) is 15.0. The van der Waals surface area contributed by atoms with E-state index in [0.29, 0.717) is 18.5 Å². The SMILES string of the molecule is Cc1ccc(NC(=O)[C@@H]2CC[C@H](C(=O)O)O2)c2[nH]ncc12. The summed E-state index contributed by atoms with van der Waals surface area (Å²) in [4.78, 5) is 23.0. The highest BCUT2D eigenvalue weighted by Crippen LogP contribution is 2.26. The van der Waals surface area contributed by atoms with E-state index >= 15 is 0 Å². The number of amides is 1. The largest absolute Gasteiger partial charge is 0.479 e. The van der Waals surface area contributed by atoms with Gasteiger partial charge in [-0.2, -0.15) is 5.10 Å². The van der Waals surface area contributed by atoms with E-state index in [4.69, 9.17) is 9.84 Å². The van der Waals surface area contributed by atoms with E-state index in [-0.39, 0.29) is 5.91 Å². The number of H-pyrrole nitrogens is 1. The summed E-state index contributed by atoms with van der Waals surface area (Å²) in [7, 11) is 0. The van der Waals surface area contributed by atoms with E-state index in [9.17, 15) is 9.59 Å². The number of aromatic nitrogens is 2. The van der Waals surface area contributed by atoms with Gasteiger partial charge in [0.25, 0.3) is 5.91 Å². The third-order valence-corrected chi connectivity index (χ3v) is 3.68. The van der Waals surface area contributed by atoms with E-state index in [1.54, 1.807) is 12.3 Å². The Kier molecular flexibility index (Phi) is 3.34. The summed E-state index contributed by atoms with van der Waals surface area (Å²) < 4.78 is 5.24. The van der Waals surface area contributed by atoms with Crippen LogP contribution < -0.4 is 5.32 Å². The number of hydrogen-bond acceptors (Lipinski definition) is 4. The summed E-state index contributed by atoms with van der Waals surface area (Å²) in [5.41, 5.74) is 2.41. The van der Waals surface area contributed by atoms with E-state index in [0.717, 1.165) is 16.5 Å². The summed E-state index contributed by atoms with van der Waals surface area (Å²) in [6.45, 7) is 1.96. The lowest BCUT2D eigenvalue weighted by atomic mass is 10.1. The molecule has 1 aliphatic rings. The number of nitrogens with zero attached hydrogens (tertiary/aromatic N) is 1. The van der Waals surface area contributed by atoms with Gasteiger partial charge in [-0.1, -0.05) is 6.07 Å². The fraction of sp³-hybridized carbons (Fsp3) is 0.357. The molecule has 0 bridgehead atoms. The Hall–Kier alpha value is -2.41. The number of aromatic amines is 1. The summed E-state index contributed by atoms with van der Waals surface area (Å²) in [6, 6.07) is 3.68. The van der Waals surface area contributed by atoms with Gasteiger partial charge in [0.15, 0.2) is 6.10 Å². The first-order valence-corrected chi connectivity index (χ1v) is 6.68. The number of aryl methyl sites for hydroxylation is 1. The van der Waals surface area contributed by atoms with E-state index in [1.165, 1.54) is 0 Å². The van der Waals surface area contributed by atoms with Crippen LogP contribution in [0.5, 0.6) is 0 Å². The first-order valence-electron chi connectivity index (χ1n) is 6.68. The molecule has 1 aromatic heterocycles. The zero-order valence-corrected chi connectivity index (χ0v) is 11.4. The quantitative estimate of drug-likeness (QED) is 0.793. The maximum Gasteiger partial charge on any atom is 0.332 e. The van der Waals surface area contributed by atoms with Crippen LogP contribution in [0.25, 0.3) is 10.9 Å². The second-order valence-electron chi connectivity index (χ2n) is 5.11. The average molecular weight is 289 g/mol. The molecule has 1 saturated heterocycles. The molecule has 21 heavy (non-hydrogen) atoms. The van der Waals surface area contributed by atoms with Gasteiger partial charge < -0.3 is 15.2 Å². The minimum atomic E-state index is -1.03. The fourth-order valence-electron chi connectivity index (χ4n) is 2.50. The highest BCUT2D eigenvalue weighted by Gasteiger charge is 2.34. The first kappa shape index (κ1) is 13.6. The third kappa shape index (κ3) is 2.47. The van der Waals surface area contributed by atoms with Gasteiger partial charge in [0.1, 0.15) is 6.10 Å². The number of aliphatic carboxylic acids is 1. The van der Waals surface area contributed by atoms with Gasteiger partial charge in [-0.15, -0.1) is 0 Å². The molecule has 0 saturated carbocycles. The molecule has 1 fully saturated rings. The monoisotopic (exact) mass is 289 g/mol. The van der Waals surface area contributed by atoms with Crippen LogP contribution in [-0.2, 0) is 14.3 Å². The van der Waals surface area contributed by atoms with Crippen molar-refractivity contribution in [3.63, 3.8) is 0 Å². The Morgan fingerprint density at radius 2 is 2.14 bits per heavy atom. The highest BCUT2D eigenvalue weighted by molar-refractivity contribution is 6.02. The lowest BCUT2D eigenvalue weighted by Gasteiger charge is -2.12.